The van der Waals surface area contributed by atoms with E-state index in [4.69, 9.17) is 14.2 Å². The Morgan fingerprint density at radius 3 is 2.50 bits per heavy atom. The van der Waals surface area contributed by atoms with Crippen LogP contribution in [-0.2, 0) is 4.79 Å². The van der Waals surface area contributed by atoms with Crippen molar-refractivity contribution in [3.63, 3.8) is 0 Å². The molecule has 4 nitrogen and oxygen atoms in total. The molecular weight excluding hydrogens is 208 g/mol. The normalized spacial score (nSPS) is 10.8. The minimum Gasteiger partial charge on any atom is -0.497 e. The third-order valence-electron chi connectivity index (χ3n) is 1.93. The number of carbonyl (C=O) groups excluding carboxylic acids is 1. The van der Waals surface area contributed by atoms with Crippen molar-refractivity contribution in [3.05, 3.63) is 30.0 Å². The fourth-order valence-corrected chi connectivity index (χ4v) is 1.06. The lowest BCUT2D eigenvalue weighted by Crippen LogP contribution is -1.92. The van der Waals surface area contributed by atoms with Crippen molar-refractivity contribution in [2.75, 3.05) is 14.2 Å². The molecule has 0 radical (unpaired) electrons. The van der Waals surface area contributed by atoms with Gasteiger partial charge in [0.15, 0.2) is 11.5 Å². The van der Waals surface area contributed by atoms with Crippen LogP contribution in [0.15, 0.2) is 30.0 Å². The van der Waals surface area contributed by atoms with Gasteiger partial charge in [0.1, 0.15) is 12.0 Å². The minimum absolute atomic E-state index is 0.498. The number of hydrogen-bond donors (Lipinski definition) is 0. The summed E-state index contributed by atoms with van der Waals surface area (Å²) in [6.07, 6.45) is 2.09. The van der Waals surface area contributed by atoms with Gasteiger partial charge in [0, 0.05) is 11.6 Å². The van der Waals surface area contributed by atoms with E-state index in [2.05, 4.69) is 0 Å². The van der Waals surface area contributed by atoms with Crippen LogP contribution >= 0.6 is 0 Å². The van der Waals surface area contributed by atoms with Crippen molar-refractivity contribution in [3.8, 4) is 17.2 Å². The van der Waals surface area contributed by atoms with Gasteiger partial charge in [-0.05, 0) is 19.1 Å². The number of hydrogen-bond acceptors (Lipinski definition) is 4. The lowest BCUT2D eigenvalue weighted by molar-refractivity contribution is -0.104. The minimum atomic E-state index is 0.498. The molecule has 0 heterocycles. The molecular formula is C12H14O4. The van der Waals surface area contributed by atoms with Gasteiger partial charge in [-0.3, -0.25) is 4.79 Å². The van der Waals surface area contributed by atoms with Gasteiger partial charge in [0.05, 0.1) is 20.5 Å². The van der Waals surface area contributed by atoms with E-state index >= 15 is 0 Å². The Morgan fingerprint density at radius 2 is 1.94 bits per heavy atom. The summed E-state index contributed by atoms with van der Waals surface area (Å²) in [7, 11) is 3.11. The predicted octanol–water partition coefficient (Wildman–Crippen LogP) is 2.19. The Hall–Kier alpha value is -1.97. The van der Waals surface area contributed by atoms with Crippen LogP contribution in [0.25, 0.3) is 0 Å². The van der Waals surface area contributed by atoms with Crippen molar-refractivity contribution < 1.29 is 19.0 Å². The highest BCUT2D eigenvalue weighted by atomic mass is 16.5. The molecule has 1 aromatic rings. The summed E-state index contributed by atoms with van der Waals surface area (Å²) >= 11 is 0. The number of ether oxygens (including phenoxy) is 3. The van der Waals surface area contributed by atoms with Gasteiger partial charge in [-0.1, -0.05) is 0 Å². The molecule has 0 aromatic heterocycles. The molecule has 86 valence electrons. The molecule has 0 amide bonds. The first-order valence-corrected chi connectivity index (χ1v) is 4.72. The quantitative estimate of drug-likeness (QED) is 0.435. The van der Waals surface area contributed by atoms with Crippen LogP contribution in [0.2, 0.25) is 0 Å². The molecule has 0 N–H and O–H groups in total. The van der Waals surface area contributed by atoms with Crippen molar-refractivity contribution in [1.29, 1.82) is 0 Å². The van der Waals surface area contributed by atoms with E-state index in [1.165, 1.54) is 13.4 Å². The number of carbonyl (C=O) groups is 1. The second-order valence-corrected chi connectivity index (χ2v) is 3.11. The van der Waals surface area contributed by atoms with E-state index in [0.717, 1.165) is 6.29 Å². The van der Waals surface area contributed by atoms with Crippen LogP contribution < -0.4 is 14.2 Å². The van der Waals surface area contributed by atoms with Crippen LogP contribution in [0, 0.1) is 0 Å². The summed E-state index contributed by atoms with van der Waals surface area (Å²) < 4.78 is 15.5. The van der Waals surface area contributed by atoms with Crippen molar-refractivity contribution >= 4 is 6.29 Å². The third-order valence-corrected chi connectivity index (χ3v) is 1.93. The summed E-state index contributed by atoms with van der Waals surface area (Å²) in [4.78, 5) is 10.4. The maximum Gasteiger partial charge on any atom is 0.168 e. The van der Waals surface area contributed by atoms with Gasteiger partial charge < -0.3 is 14.2 Å². The predicted molar refractivity (Wildman–Crippen MR) is 60.0 cm³/mol. The zero-order valence-corrected chi connectivity index (χ0v) is 9.52. The fourth-order valence-electron chi connectivity index (χ4n) is 1.06. The fraction of sp³-hybridized carbons (Fsp3) is 0.250. The highest BCUT2D eigenvalue weighted by Crippen LogP contribution is 2.31. The van der Waals surface area contributed by atoms with Crippen LogP contribution in [0.1, 0.15) is 6.92 Å². The van der Waals surface area contributed by atoms with E-state index in [9.17, 15) is 4.79 Å². The van der Waals surface area contributed by atoms with Crippen LogP contribution in [0.5, 0.6) is 17.2 Å². The molecule has 0 bridgehead atoms. The Balaban J connectivity index is 2.91. The molecule has 0 saturated heterocycles. The van der Waals surface area contributed by atoms with Gasteiger partial charge in [0.25, 0.3) is 0 Å². The summed E-state index contributed by atoms with van der Waals surface area (Å²) in [5.41, 5.74) is 0.498. The number of rotatable bonds is 5. The summed E-state index contributed by atoms with van der Waals surface area (Å²) in [6.45, 7) is 1.66. The van der Waals surface area contributed by atoms with E-state index in [0.29, 0.717) is 22.8 Å². The Bertz CT molecular complexity index is 396. The summed E-state index contributed by atoms with van der Waals surface area (Å²) in [6, 6.07) is 5.17. The average molecular weight is 222 g/mol. The molecule has 1 aromatic carbocycles. The molecule has 0 spiro atoms. The van der Waals surface area contributed by atoms with Crippen LogP contribution in [-0.4, -0.2) is 20.5 Å². The molecule has 0 aliphatic rings. The third kappa shape index (κ3) is 3.02. The first-order chi connectivity index (χ1) is 7.71. The maximum atomic E-state index is 10.4. The van der Waals surface area contributed by atoms with E-state index in [-0.39, 0.29) is 0 Å². The van der Waals surface area contributed by atoms with Gasteiger partial charge in [-0.25, -0.2) is 0 Å². The monoisotopic (exact) mass is 222 g/mol. The Morgan fingerprint density at radius 1 is 1.19 bits per heavy atom. The van der Waals surface area contributed by atoms with Crippen molar-refractivity contribution in [1.82, 2.24) is 0 Å². The van der Waals surface area contributed by atoms with Crippen molar-refractivity contribution in [2.45, 2.75) is 6.92 Å². The maximum absolute atomic E-state index is 10.4. The Labute approximate surface area is 94.4 Å². The van der Waals surface area contributed by atoms with Gasteiger partial charge >= 0.3 is 0 Å². The largest absolute Gasteiger partial charge is 0.497 e. The molecule has 4 heteroatoms. The lowest BCUT2D eigenvalue weighted by atomic mass is 10.3. The van der Waals surface area contributed by atoms with E-state index in [1.807, 2.05) is 0 Å². The summed E-state index contributed by atoms with van der Waals surface area (Å²) in [5, 5.41) is 0. The first kappa shape index (κ1) is 12.1. The summed E-state index contributed by atoms with van der Waals surface area (Å²) in [5.74, 6) is 1.76. The molecule has 16 heavy (non-hydrogen) atoms. The van der Waals surface area contributed by atoms with Crippen LogP contribution in [0.4, 0.5) is 0 Å². The second-order valence-electron chi connectivity index (χ2n) is 3.11. The van der Waals surface area contributed by atoms with Gasteiger partial charge in [-0.2, -0.15) is 0 Å². The van der Waals surface area contributed by atoms with Gasteiger partial charge in [0.2, 0.25) is 0 Å². The van der Waals surface area contributed by atoms with Crippen molar-refractivity contribution in [2.24, 2.45) is 0 Å². The first-order valence-electron chi connectivity index (χ1n) is 4.72. The number of aldehydes is 1. The number of benzene rings is 1. The van der Waals surface area contributed by atoms with Crippen LogP contribution in [0.3, 0.4) is 0 Å². The van der Waals surface area contributed by atoms with E-state index < -0.39 is 0 Å². The molecule has 0 aliphatic carbocycles. The Kier molecular flexibility index (Phi) is 4.39. The zero-order chi connectivity index (χ0) is 12.0. The number of allylic oxidation sites excluding steroid dienone is 1. The highest BCUT2D eigenvalue weighted by Gasteiger charge is 2.05. The molecule has 0 atom stereocenters. The van der Waals surface area contributed by atoms with E-state index in [1.54, 1.807) is 32.2 Å². The lowest BCUT2D eigenvalue weighted by Gasteiger charge is -2.09. The topological polar surface area (TPSA) is 44.8 Å². The highest BCUT2D eigenvalue weighted by molar-refractivity contribution is 5.71. The standard InChI is InChI=1S/C12H14O4/c1-9(7-13)8-16-11-5-4-10(14-2)6-12(11)15-3/h4-8H,1-3H3/b9-8+. The zero-order valence-electron chi connectivity index (χ0n) is 9.52. The average Bonchev–Trinajstić information content (AvgIpc) is 2.35. The SMILES string of the molecule is COc1ccc(O/C=C(\C)C=O)c(OC)c1. The van der Waals surface area contributed by atoms with Gasteiger partial charge in [-0.15, -0.1) is 0 Å². The molecule has 0 aliphatic heterocycles. The molecule has 1 rings (SSSR count). The smallest absolute Gasteiger partial charge is 0.168 e. The number of methoxy groups -OCH3 is 2. The molecule has 0 saturated carbocycles. The second kappa shape index (κ2) is 5.80. The molecule has 0 fully saturated rings. The molecule has 0 unspecified atom stereocenters.